The summed E-state index contributed by atoms with van der Waals surface area (Å²) < 4.78 is 67.8. The average molecular weight is 438 g/mol. The van der Waals surface area contributed by atoms with Crippen LogP contribution >= 0.6 is 22.9 Å². The van der Waals surface area contributed by atoms with Gasteiger partial charge in [0.2, 0.25) is 10.0 Å². The third-order valence-corrected chi connectivity index (χ3v) is 7.01. The highest BCUT2D eigenvalue weighted by atomic mass is 35.5. The number of aromatic nitrogens is 4. The van der Waals surface area contributed by atoms with Gasteiger partial charge in [-0.05, 0) is 13.0 Å². The minimum atomic E-state index is -4.06. The second-order valence-corrected chi connectivity index (χ2v) is 9.40. The van der Waals surface area contributed by atoms with Gasteiger partial charge in [0.15, 0.2) is 15.8 Å². The van der Waals surface area contributed by atoms with Crippen LogP contribution in [-0.2, 0) is 10.0 Å². The molecule has 1 saturated carbocycles. The third-order valence-electron chi connectivity index (χ3n) is 4.20. The van der Waals surface area contributed by atoms with E-state index < -0.39 is 33.2 Å². The van der Waals surface area contributed by atoms with Crippen molar-refractivity contribution >= 4 is 38.5 Å². The van der Waals surface area contributed by atoms with E-state index in [9.17, 15) is 21.6 Å². The van der Waals surface area contributed by atoms with Crippen molar-refractivity contribution in [1.29, 1.82) is 0 Å². The van der Waals surface area contributed by atoms with Crippen molar-refractivity contribution in [3.63, 3.8) is 0 Å². The van der Waals surface area contributed by atoms with Crippen molar-refractivity contribution in [2.75, 3.05) is 0 Å². The SMILES string of the molecule is C[C@]1(NS(=O)(=O)c2cc(Cl)c3cnc(-c4nnc(C(F)F)s4)n3c2)C[C@H]1F. The Hall–Kier alpha value is -1.76. The van der Waals surface area contributed by atoms with Crippen LogP contribution in [0.4, 0.5) is 13.2 Å². The number of hydrogen-bond donors (Lipinski definition) is 1. The van der Waals surface area contributed by atoms with Crippen LogP contribution < -0.4 is 4.72 Å². The second-order valence-electron chi connectivity index (χ2n) is 6.30. The number of imidazole rings is 1. The molecule has 4 rings (SSSR count). The molecule has 0 aromatic carbocycles. The van der Waals surface area contributed by atoms with E-state index in [4.69, 9.17) is 11.6 Å². The first-order valence-corrected chi connectivity index (χ1v) is 10.2. The Morgan fingerprint density at radius 2 is 2.15 bits per heavy atom. The molecule has 0 amide bonds. The van der Waals surface area contributed by atoms with E-state index in [1.807, 2.05) is 0 Å². The lowest BCUT2D eigenvalue weighted by Gasteiger charge is -2.13. The van der Waals surface area contributed by atoms with Gasteiger partial charge in [0.05, 0.1) is 22.3 Å². The van der Waals surface area contributed by atoms with Crippen LogP contribution in [0.1, 0.15) is 24.8 Å². The monoisotopic (exact) mass is 437 g/mol. The zero-order valence-corrected chi connectivity index (χ0v) is 15.9. The summed E-state index contributed by atoms with van der Waals surface area (Å²) in [6.07, 6.45) is -1.36. The molecule has 3 aromatic heterocycles. The van der Waals surface area contributed by atoms with Crippen molar-refractivity contribution in [2.45, 2.75) is 36.4 Å². The molecular weight excluding hydrogens is 427 g/mol. The van der Waals surface area contributed by atoms with Gasteiger partial charge in [-0.15, -0.1) is 10.2 Å². The molecule has 3 aromatic rings. The standard InChI is InChI=1S/C14H11ClF3N5O2S2/c1-14(3-9(14)16)22-27(24,25)6-2-7(15)8-4-19-11(23(8)5-6)13-21-20-12(26-13)10(17)18/h2,4-5,9-10,22H,3H2,1H3/t9-,14+/m1/s1. The fourth-order valence-electron chi connectivity index (χ4n) is 2.53. The van der Waals surface area contributed by atoms with Crippen LogP contribution in [0.5, 0.6) is 0 Å². The molecule has 0 spiro atoms. The molecule has 2 atom stereocenters. The van der Waals surface area contributed by atoms with Gasteiger partial charge in [-0.1, -0.05) is 22.9 Å². The molecule has 0 saturated heterocycles. The lowest BCUT2D eigenvalue weighted by molar-refractivity contribution is 0.150. The number of hydrogen-bond acceptors (Lipinski definition) is 6. The number of halogens is 4. The minimum Gasteiger partial charge on any atom is -0.295 e. The zero-order valence-electron chi connectivity index (χ0n) is 13.5. The van der Waals surface area contributed by atoms with E-state index in [-0.39, 0.29) is 27.2 Å². The fraction of sp³-hybridized carbons (Fsp3) is 0.357. The Morgan fingerprint density at radius 3 is 2.74 bits per heavy atom. The molecule has 1 aliphatic rings. The minimum absolute atomic E-state index is 0.0768. The van der Waals surface area contributed by atoms with Crippen molar-refractivity contribution < 1.29 is 21.6 Å². The molecule has 1 fully saturated rings. The molecule has 0 bridgehead atoms. The van der Waals surface area contributed by atoms with Crippen LogP contribution in [0.3, 0.4) is 0 Å². The number of sulfonamides is 1. The number of alkyl halides is 3. The maximum atomic E-state index is 13.4. The highest BCUT2D eigenvalue weighted by molar-refractivity contribution is 7.89. The summed E-state index contributed by atoms with van der Waals surface area (Å²) in [5.74, 6) is 0.120. The van der Waals surface area contributed by atoms with Gasteiger partial charge in [-0.3, -0.25) is 4.40 Å². The van der Waals surface area contributed by atoms with Crippen molar-refractivity contribution in [3.8, 4) is 10.8 Å². The van der Waals surface area contributed by atoms with Crippen LogP contribution in [0.25, 0.3) is 16.3 Å². The van der Waals surface area contributed by atoms with Crippen LogP contribution in [0.15, 0.2) is 23.4 Å². The van der Waals surface area contributed by atoms with Crippen LogP contribution in [0, 0.1) is 0 Å². The summed E-state index contributed by atoms with van der Waals surface area (Å²) in [5.41, 5.74) is -0.788. The summed E-state index contributed by atoms with van der Waals surface area (Å²) in [6, 6.07) is 1.22. The highest BCUT2D eigenvalue weighted by Gasteiger charge is 2.53. The number of fused-ring (bicyclic) bond motifs is 1. The Kier molecular flexibility index (Phi) is 4.22. The first-order chi connectivity index (χ1) is 12.6. The van der Waals surface area contributed by atoms with E-state index in [2.05, 4.69) is 19.9 Å². The van der Waals surface area contributed by atoms with E-state index in [0.29, 0.717) is 16.9 Å². The lowest BCUT2D eigenvalue weighted by atomic mass is 10.4. The lowest BCUT2D eigenvalue weighted by Crippen LogP contribution is -2.36. The molecule has 3 heterocycles. The Morgan fingerprint density at radius 1 is 1.44 bits per heavy atom. The Balaban J connectivity index is 1.80. The smallest absolute Gasteiger partial charge is 0.291 e. The molecule has 27 heavy (non-hydrogen) atoms. The Labute approximate surface area is 160 Å². The maximum Gasteiger partial charge on any atom is 0.291 e. The molecule has 144 valence electrons. The first-order valence-electron chi connectivity index (χ1n) is 7.57. The third kappa shape index (κ3) is 3.20. The van der Waals surface area contributed by atoms with Crippen LogP contribution in [-0.4, -0.2) is 39.7 Å². The summed E-state index contributed by atoms with van der Waals surface area (Å²) >= 11 is 6.80. The van der Waals surface area contributed by atoms with Gasteiger partial charge in [0.1, 0.15) is 11.1 Å². The zero-order chi connectivity index (χ0) is 19.6. The van der Waals surface area contributed by atoms with Crippen molar-refractivity contribution in [2.24, 2.45) is 0 Å². The van der Waals surface area contributed by atoms with Gasteiger partial charge >= 0.3 is 0 Å². The number of rotatable bonds is 5. The van der Waals surface area contributed by atoms with Gasteiger partial charge in [0.25, 0.3) is 6.43 Å². The summed E-state index contributed by atoms with van der Waals surface area (Å²) in [4.78, 5) is 3.88. The predicted octanol–water partition coefficient (Wildman–Crippen LogP) is 3.22. The van der Waals surface area contributed by atoms with Crippen molar-refractivity contribution in [3.05, 3.63) is 28.5 Å². The highest BCUT2D eigenvalue weighted by Crippen LogP contribution is 2.40. The van der Waals surface area contributed by atoms with Crippen molar-refractivity contribution in [1.82, 2.24) is 24.3 Å². The summed E-state index contributed by atoms with van der Waals surface area (Å²) in [7, 11) is -4.06. The normalized spacial score (nSPS) is 22.7. The largest absolute Gasteiger partial charge is 0.295 e. The fourth-order valence-corrected chi connectivity index (χ4v) is 5.01. The molecular formula is C14H11ClF3N5O2S2. The second kappa shape index (κ2) is 6.12. The van der Waals surface area contributed by atoms with E-state index in [1.165, 1.54) is 29.8 Å². The molecule has 1 aliphatic carbocycles. The average Bonchev–Trinajstić information content (AvgIpc) is 3.01. The molecule has 0 aliphatic heterocycles. The predicted molar refractivity (Wildman–Crippen MR) is 92.3 cm³/mol. The van der Waals surface area contributed by atoms with Gasteiger partial charge in [-0.2, -0.15) is 0 Å². The van der Waals surface area contributed by atoms with Crippen LogP contribution in [0.2, 0.25) is 5.02 Å². The maximum absolute atomic E-state index is 13.4. The molecule has 1 N–H and O–H groups in total. The van der Waals surface area contributed by atoms with Gasteiger partial charge in [0, 0.05) is 12.6 Å². The van der Waals surface area contributed by atoms with E-state index in [1.54, 1.807) is 0 Å². The first kappa shape index (κ1) is 18.6. The number of pyridine rings is 1. The van der Waals surface area contributed by atoms with Gasteiger partial charge < -0.3 is 0 Å². The quantitative estimate of drug-likeness (QED) is 0.662. The molecule has 13 heteroatoms. The molecule has 0 radical (unpaired) electrons. The topological polar surface area (TPSA) is 89.2 Å². The summed E-state index contributed by atoms with van der Waals surface area (Å²) in [5, 5.41) is 6.76. The Bertz CT molecular complexity index is 1150. The number of nitrogens with one attached hydrogen (secondary N) is 1. The molecule has 0 unspecified atom stereocenters. The summed E-state index contributed by atoms with van der Waals surface area (Å²) in [6.45, 7) is 1.46. The molecule has 7 nitrogen and oxygen atoms in total. The van der Waals surface area contributed by atoms with E-state index >= 15 is 0 Å². The van der Waals surface area contributed by atoms with E-state index in [0.717, 1.165) is 0 Å². The number of nitrogens with zero attached hydrogens (tertiary/aromatic N) is 4. The van der Waals surface area contributed by atoms with Gasteiger partial charge in [-0.25, -0.2) is 31.3 Å².